The predicted molar refractivity (Wildman–Crippen MR) is 84.0 cm³/mol. The number of ether oxygens (including phenoxy) is 1. The SMILES string of the molecule is CCOc1ccc(CNC(C)c2ccc(C#N)cc2)cc1. The zero-order valence-electron chi connectivity index (χ0n) is 12.5. The molecule has 0 bridgehead atoms. The standard InChI is InChI=1S/C18H20N2O/c1-3-21-18-10-6-16(7-11-18)13-20-14(2)17-8-4-15(12-19)5-9-17/h4-11,14,20H,3,13H2,1-2H3. The zero-order valence-corrected chi connectivity index (χ0v) is 12.5. The third-order valence-electron chi connectivity index (χ3n) is 3.39. The summed E-state index contributed by atoms with van der Waals surface area (Å²) < 4.78 is 5.43. The van der Waals surface area contributed by atoms with E-state index in [0.29, 0.717) is 12.2 Å². The molecule has 0 saturated carbocycles. The lowest BCUT2D eigenvalue weighted by molar-refractivity contribution is 0.340. The summed E-state index contributed by atoms with van der Waals surface area (Å²) in [6, 6.07) is 18.2. The third-order valence-corrected chi connectivity index (χ3v) is 3.39. The second-order valence-corrected chi connectivity index (χ2v) is 4.91. The van der Waals surface area contributed by atoms with Crippen LogP contribution in [0.25, 0.3) is 0 Å². The van der Waals surface area contributed by atoms with E-state index in [1.165, 1.54) is 11.1 Å². The van der Waals surface area contributed by atoms with Crippen molar-refractivity contribution in [1.82, 2.24) is 5.32 Å². The van der Waals surface area contributed by atoms with Crippen LogP contribution in [0.3, 0.4) is 0 Å². The largest absolute Gasteiger partial charge is 0.494 e. The molecule has 2 aromatic rings. The molecule has 0 radical (unpaired) electrons. The molecule has 0 saturated heterocycles. The van der Waals surface area contributed by atoms with Crippen molar-refractivity contribution >= 4 is 0 Å². The van der Waals surface area contributed by atoms with Crippen molar-refractivity contribution in [3.63, 3.8) is 0 Å². The predicted octanol–water partition coefficient (Wildman–Crippen LogP) is 3.81. The molecule has 3 nitrogen and oxygen atoms in total. The van der Waals surface area contributed by atoms with E-state index in [0.717, 1.165) is 12.3 Å². The lowest BCUT2D eigenvalue weighted by Crippen LogP contribution is -2.18. The van der Waals surface area contributed by atoms with Crippen LogP contribution in [0.2, 0.25) is 0 Å². The molecule has 1 atom stereocenters. The Labute approximate surface area is 126 Å². The molecule has 1 unspecified atom stereocenters. The van der Waals surface area contributed by atoms with E-state index >= 15 is 0 Å². The lowest BCUT2D eigenvalue weighted by Gasteiger charge is -2.14. The van der Waals surface area contributed by atoms with E-state index in [9.17, 15) is 0 Å². The Morgan fingerprint density at radius 3 is 2.33 bits per heavy atom. The highest BCUT2D eigenvalue weighted by atomic mass is 16.5. The van der Waals surface area contributed by atoms with Crippen molar-refractivity contribution in [2.75, 3.05) is 6.61 Å². The van der Waals surface area contributed by atoms with E-state index in [4.69, 9.17) is 10.00 Å². The van der Waals surface area contributed by atoms with Crippen LogP contribution in [0, 0.1) is 11.3 Å². The van der Waals surface area contributed by atoms with Gasteiger partial charge in [0.1, 0.15) is 5.75 Å². The summed E-state index contributed by atoms with van der Waals surface area (Å²) in [5.74, 6) is 0.904. The van der Waals surface area contributed by atoms with Gasteiger partial charge in [0.15, 0.2) is 0 Å². The Kier molecular flexibility index (Phi) is 5.36. The zero-order chi connectivity index (χ0) is 15.1. The van der Waals surface area contributed by atoms with Crippen LogP contribution in [-0.2, 0) is 6.54 Å². The minimum atomic E-state index is 0.240. The Morgan fingerprint density at radius 2 is 1.76 bits per heavy atom. The summed E-state index contributed by atoms with van der Waals surface area (Å²) in [4.78, 5) is 0. The number of nitriles is 1. The fourth-order valence-corrected chi connectivity index (χ4v) is 2.11. The first-order chi connectivity index (χ1) is 10.2. The van der Waals surface area contributed by atoms with Crippen molar-refractivity contribution in [3.05, 3.63) is 65.2 Å². The molecule has 2 aromatic carbocycles. The maximum atomic E-state index is 8.80. The van der Waals surface area contributed by atoms with Crippen molar-refractivity contribution in [3.8, 4) is 11.8 Å². The molecule has 0 fully saturated rings. The molecule has 1 N–H and O–H groups in total. The van der Waals surface area contributed by atoms with Crippen molar-refractivity contribution in [2.24, 2.45) is 0 Å². The Hall–Kier alpha value is -2.31. The van der Waals surface area contributed by atoms with Crippen LogP contribution in [-0.4, -0.2) is 6.61 Å². The van der Waals surface area contributed by atoms with Gasteiger partial charge in [-0.2, -0.15) is 5.26 Å². The average Bonchev–Trinajstić information content (AvgIpc) is 2.54. The van der Waals surface area contributed by atoms with Gasteiger partial charge in [-0.1, -0.05) is 24.3 Å². The van der Waals surface area contributed by atoms with Crippen molar-refractivity contribution in [1.29, 1.82) is 5.26 Å². The van der Waals surface area contributed by atoms with Gasteiger partial charge >= 0.3 is 0 Å². The second kappa shape index (κ2) is 7.47. The van der Waals surface area contributed by atoms with Gasteiger partial charge in [-0.25, -0.2) is 0 Å². The number of rotatable bonds is 6. The van der Waals surface area contributed by atoms with Gasteiger partial charge in [0.05, 0.1) is 18.2 Å². The van der Waals surface area contributed by atoms with Crippen LogP contribution in [0.15, 0.2) is 48.5 Å². The number of benzene rings is 2. The summed E-state index contributed by atoms with van der Waals surface area (Å²) in [7, 11) is 0. The van der Waals surface area contributed by atoms with Gasteiger partial charge in [-0.15, -0.1) is 0 Å². The quantitative estimate of drug-likeness (QED) is 0.875. The van der Waals surface area contributed by atoms with Crippen LogP contribution < -0.4 is 10.1 Å². The van der Waals surface area contributed by atoms with E-state index in [1.807, 2.05) is 43.3 Å². The van der Waals surface area contributed by atoms with Crippen LogP contribution in [0.5, 0.6) is 5.75 Å². The molecule has 0 aliphatic rings. The molecular weight excluding hydrogens is 260 g/mol. The first-order valence-corrected chi connectivity index (χ1v) is 7.18. The monoisotopic (exact) mass is 280 g/mol. The number of nitrogens with zero attached hydrogens (tertiary/aromatic N) is 1. The summed E-state index contributed by atoms with van der Waals surface area (Å²) >= 11 is 0. The molecule has 0 spiro atoms. The van der Waals surface area contributed by atoms with E-state index in [1.54, 1.807) is 0 Å². The topological polar surface area (TPSA) is 45.0 Å². The van der Waals surface area contributed by atoms with E-state index in [2.05, 4.69) is 30.4 Å². The van der Waals surface area contributed by atoms with E-state index < -0.39 is 0 Å². The van der Waals surface area contributed by atoms with Crippen LogP contribution in [0.1, 0.15) is 36.6 Å². The molecule has 21 heavy (non-hydrogen) atoms. The summed E-state index contributed by atoms with van der Waals surface area (Å²) in [6.45, 7) is 5.59. The first kappa shape index (κ1) is 15.1. The smallest absolute Gasteiger partial charge is 0.119 e. The molecule has 0 heterocycles. The summed E-state index contributed by atoms with van der Waals surface area (Å²) in [6.07, 6.45) is 0. The second-order valence-electron chi connectivity index (χ2n) is 4.91. The molecule has 108 valence electrons. The highest BCUT2D eigenvalue weighted by Crippen LogP contribution is 2.15. The van der Waals surface area contributed by atoms with Gasteiger partial charge in [-0.3, -0.25) is 0 Å². The maximum Gasteiger partial charge on any atom is 0.119 e. The average molecular weight is 280 g/mol. The lowest BCUT2D eigenvalue weighted by atomic mass is 10.1. The molecule has 3 heteroatoms. The highest BCUT2D eigenvalue weighted by molar-refractivity contribution is 5.33. The molecule has 0 aliphatic heterocycles. The Balaban J connectivity index is 1.90. The van der Waals surface area contributed by atoms with Gasteiger partial charge < -0.3 is 10.1 Å². The van der Waals surface area contributed by atoms with Crippen LogP contribution >= 0.6 is 0 Å². The van der Waals surface area contributed by atoms with Gasteiger partial charge in [-0.05, 0) is 49.2 Å². The molecule has 0 amide bonds. The molecular formula is C18H20N2O. The van der Waals surface area contributed by atoms with Gasteiger partial charge in [0.2, 0.25) is 0 Å². The van der Waals surface area contributed by atoms with Gasteiger partial charge in [0.25, 0.3) is 0 Å². The number of hydrogen-bond acceptors (Lipinski definition) is 3. The number of hydrogen-bond donors (Lipinski definition) is 1. The van der Waals surface area contributed by atoms with Crippen LogP contribution in [0.4, 0.5) is 0 Å². The maximum absolute atomic E-state index is 8.80. The van der Waals surface area contributed by atoms with Gasteiger partial charge in [0, 0.05) is 12.6 Å². The third kappa shape index (κ3) is 4.34. The van der Waals surface area contributed by atoms with Crippen molar-refractivity contribution < 1.29 is 4.74 Å². The highest BCUT2D eigenvalue weighted by Gasteiger charge is 2.05. The fraction of sp³-hybridized carbons (Fsp3) is 0.278. The molecule has 0 aromatic heterocycles. The first-order valence-electron chi connectivity index (χ1n) is 7.18. The normalized spacial score (nSPS) is 11.7. The number of nitrogens with one attached hydrogen (secondary N) is 1. The molecule has 2 rings (SSSR count). The van der Waals surface area contributed by atoms with E-state index in [-0.39, 0.29) is 6.04 Å². The summed E-state index contributed by atoms with van der Waals surface area (Å²) in [5, 5.41) is 12.3. The molecule has 0 aliphatic carbocycles. The van der Waals surface area contributed by atoms with Crippen molar-refractivity contribution in [2.45, 2.75) is 26.4 Å². The fourth-order valence-electron chi connectivity index (χ4n) is 2.11. The minimum absolute atomic E-state index is 0.240. The minimum Gasteiger partial charge on any atom is -0.494 e. The summed E-state index contributed by atoms with van der Waals surface area (Å²) in [5.41, 5.74) is 3.09. The Bertz CT molecular complexity index is 597. The Morgan fingerprint density at radius 1 is 1.10 bits per heavy atom.